The molecule has 6 heteroatoms. The van der Waals surface area contributed by atoms with Crippen LogP contribution in [0, 0.1) is 0 Å². The number of esters is 1. The van der Waals surface area contributed by atoms with Gasteiger partial charge in [-0.2, -0.15) is 4.98 Å². The molecular weight excluding hydrogens is 272 g/mol. The summed E-state index contributed by atoms with van der Waals surface area (Å²) in [5.74, 6) is -0.0291. The number of carbonyl (C=O) groups is 1. The normalized spacial score (nSPS) is 19.2. The van der Waals surface area contributed by atoms with Crippen LogP contribution in [0.3, 0.4) is 0 Å². The minimum absolute atomic E-state index is 0.299. The third kappa shape index (κ3) is 3.43. The van der Waals surface area contributed by atoms with Gasteiger partial charge < -0.3 is 14.0 Å². The van der Waals surface area contributed by atoms with Crippen LogP contribution in [0.15, 0.2) is 4.52 Å². The summed E-state index contributed by atoms with van der Waals surface area (Å²) in [6.45, 7) is 6.41. The molecule has 1 aromatic heterocycles. The number of hydrogen-bond donors (Lipinski definition) is 0. The Morgan fingerprint density at radius 3 is 2.62 bits per heavy atom. The van der Waals surface area contributed by atoms with E-state index in [1.807, 2.05) is 6.92 Å². The van der Waals surface area contributed by atoms with E-state index < -0.39 is 11.5 Å². The highest BCUT2D eigenvalue weighted by Gasteiger charge is 2.40. The van der Waals surface area contributed by atoms with E-state index in [9.17, 15) is 4.79 Å². The predicted octanol–water partition coefficient (Wildman–Crippen LogP) is 2.93. The lowest BCUT2D eigenvalue weighted by Gasteiger charge is -2.33. The molecule has 1 aliphatic rings. The molecule has 1 heterocycles. The first-order valence-corrected chi connectivity index (χ1v) is 7.77. The molecule has 0 amide bonds. The smallest absolute Gasteiger partial charge is 0.318 e. The average molecular weight is 296 g/mol. The lowest BCUT2D eigenvalue weighted by molar-refractivity contribution is -0.145. The van der Waals surface area contributed by atoms with Crippen LogP contribution in [-0.4, -0.2) is 29.3 Å². The van der Waals surface area contributed by atoms with E-state index in [1.165, 1.54) is 6.42 Å². The van der Waals surface area contributed by atoms with Crippen molar-refractivity contribution in [2.75, 3.05) is 13.2 Å². The molecule has 0 aliphatic heterocycles. The first kappa shape index (κ1) is 15.9. The molecule has 1 aromatic rings. The first-order valence-electron chi connectivity index (χ1n) is 7.77. The summed E-state index contributed by atoms with van der Waals surface area (Å²) in [5, 5.41) is 4.08. The standard InChI is InChI=1S/C15H24N2O4/c1-4-19-13(18)11(3)12-16-14(17-21-12)15(20-5-2)9-7-6-8-10-15/h11H,4-10H2,1-3H3. The molecule has 21 heavy (non-hydrogen) atoms. The van der Waals surface area contributed by atoms with Crippen molar-refractivity contribution in [2.24, 2.45) is 0 Å². The van der Waals surface area contributed by atoms with Gasteiger partial charge in [-0.3, -0.25) is 4.79 Å². The fourth-order valence-corrected chi connectivity index (χ4v) is 2.80. The largest absolute Gasteiger partial charge is 0.465 e. The summed E-state index contributed by atoms with van der Waals surface area (Å²) in [6.07, 6.45) is 5.19. The number of nitrogens with zero attached hydrogens (tertiary/aromatic N) is 2. The van der Waals surface area contributed by atoms with E-state index in [2.05, 4.69) is 10.1 Å². The van der Waals surface area contributed by atoms with Crippen LogP contribution in [0.1, 0.15) is 70.5 Å². The molecule has 2 rings (SSSR count). The van der Waals surface area contributed by atoms with E-state index in [0.29, 0.717) is 24.9 Å². The molecule has 0 saturated heterocycles. The van der Waals surface area contributed by atoms with Crippen molar-refractivity contribution in [1.82, 2.24) is 10.1 Å². The molecule has 1 fully saturated rings. The molecular formula is C15H24N2O4. The van der Waals surface area contributed by atoms with Crippen molar-refractivity contribution in [3.63, 3.8) is 0 Å². The van der Waals surface area contributed by atoms with E-state index in [4.69, 9.17) is 14.0 Å². The molecule has 118 valence electrons. The molecule has 1 atom stereocenters. The van der Waals surface area contributed by atoms with Gasteiger partial charge in [-0.1, -0.05) is 24.4 Å². The number of aromatic nitrogens is 2. The van der Waals surface area contributed by atoms with Crippen LogP contribution < -0.4 is 0 Å². The van der Waals surface area contributed by atoms with Gasteiger partial charge in [0, 0.05) is 6.61 Å². The van der Waals surface area contributed by atoms with Gasteiger partial charge in [-0.05, 0) is 33.6 Å². The third-order valence-corrected chi connectivity index (χ3v) is 3.94. The Balaban J connectivity index is 2.18. The maximum atomic E-state index is 11.8. The Labute approximate surface area is 125 Å². The fraction of sp³-hybridized carbons (Fsp3) is 0.800. The van der Waals surface area contributed by atoms with Crippen LogP contribution in [0.4, 0.5) is 0 Å². The van der Waals surface area contributed by atoms with E-state index >= 15 is 0 Å². The van der Waals surface area contributed by atoms with Gasteiger partial charge in [-0.25, -0.2) is 0 Å². The number of ether oxygens (including phenoxy) is 2. The Bertz CT molecular complexity index is 460. The van der Waals surface area contributed by atoms with Gasteiger partial charge in [0.25, 0.3) is 0 Å². The van der Waals surface area contributed by atoms with E-state index in [0.717, 1.165) is 25.7 Å². The van der Waals surface area contributed by atoms with Crippen LogP contribution >= 0.6 is 0 Å². The summed E-state index contributed by atoms with van der Waals surface area (Å²) < 4.78 is 16.2. The second-order valence-electron chi connectivity index (χ2n) is 5.42. The topological polar surface area (TPSA) is 74.5 Å². The van der Waals surface area contributed by atoms with Crippen molar-refractivity contribution in [3.8, 4) is 0 Å². The number of hydrogen-bond acceptors (Lipinski definition) is 6. The molecule has 1 aliphatic carbocycles. The van der Waals surface area contributed by atoms with Crippen LogP contribution in [0.2, 0.25) is 0 Å². The molecule has 0 spiro atoms. The van der Waals surface area contributed by atoms with Gasteiger partial charge in [0.2, 0.25) is 11.7 Å². The van der Waals surface area contributed by atoms with Gasteiger partial charge in [-0.15, -0.1) is 0 Å². The SMILES string of the molecule is CCOC(=O)C(C)c1nc(C2(OCC)CCCCC2)no1. The molecule has 0 radical (unpaired) electrons. The highest BCUT2D eigenvalue weighted by atomic mass is 16.5. The maximum absolute atomic E-state index is 11.8. The van der Waals surface area contributed by atoms with Crippen LogP contribution in [-0.2, 0) is 19.9 Å². The summed E-state index contributed by atoms with van der Waals surface area (Å²) in [5.41, 5.74) is -0.455. The summed E-state index contributed by atoms with van der Waals surface area (Å²) in [6, 6.07) is 0. The van der Waals surface area contributed by atoms with Crippen molar-refractivity contribution >= 4 is 5.97 Å². The van der Waals surface area contributed by atoms with Gasteiger partial charge in [0.15, 0.2) is 0 Å². The zero-order valence-electron chi connectivity index (χ0n) is 13.1. The minimum atomic E-state index is -0.548. The Kier molecular flexibility index (Phi) is 5.33. The second kappa shape index (κ2) is 7.02. The fourth-order valence-electron chi connectivity index (χ4n) is 2.80. The lowest BCUT2D eigenvalue weighted by Crippen LogP contribution is -2.33. The number of rotatable bonds is 6. The molecule has 1 saturated carbocycles. The highest BCUT2D eigenvalue weighted by Crippen LogP contribution is 2.39. The first-order chi connectivity index (χ1) is 10.1. The van der Waals surface area contributed by atoms with Gasteiger partial charge >= 0.3 is 5.97 Å². The number of carbonyl (C=O) groups excluding carboxylic acids is 1. The zero-order valence-corrected chi connectivity index (χ0v) is 13.1. The highest BCUT2D eigenvalue weighted by molar-refractivity contribution is 5.76. The molecule has 0 N–H and O–H groups in total. The average Bonchev–Trinajstić information content (AvgIpc) is 2.98. The zero-order chi connectivity index (χ0) is 15.3. The molecule has 1 unspecified atom stereocenters. The Morgan fingerprint density at radius 1 is 1.29 bits per heavy atom. The lowest BCUT2D eigenvalue weighted by atomic mass is 9.84. The van der Waals surface area contributed by atoms with Crippen molar-refractivity contribution < 1.29 is 18.8 Å². The summed E-state index contributed by atoms with van der Waals surface area (Å²) >= 11 is 0. The summed E-state index contributed by atoms with van der Waals surface area (Å²) in [4.78, 5) is 16.2. The quantitative estimate of drug-likeness (QED) is 0.751. The Morgan fingerprint density at radius 2 is 2.00 bits per heavy atom. The molecule has 0 aromatic carbocycles. The van der Waals surface area contributed by atoms with Gasteiger partial charge in [0.05, 0.1) is 6.61 Å². The van der Waals surface area contributed by atoms with Gasteiger partial charge in [0.1, 0.15) is 11.5 Å². The molecule has 6 nitrogen and oxygen atoms in total. The van der Waals surface area contributed by atoms with Crippen LogP contribution in [0.25, 0.3) is 0 Å². The summed E-state index contributed by atoms with van der Waals surface area (Å²) in [7, 11) is 0. The van der Waals surface area contributed by atoms with Crippen molar-refractivity contribution in [1.29, 1.82) is 0 Å². The predicted molar refractivity (Wildman–Crippen MR) is 75.7 cm³/mol. The maximum Gasteiger partial charge on any atom is 0.318 e. The Hall–Kier alpha value is -1.43. The van der Waals surface area contributed by atoms with E-state index in [-0.39, 0.29) is 5.97 Å². The molecule has 0 bridgehead atoms. The third-order valence-electron chi connectivity index (χ3n) is 3.94. The van der Waals surface area contributed by atoms with Crippen LogP contribution in [0.5, 0.6) is 0 Å². The van der Waals surface area contributed by atoms with Crippen molar-refractivity contribution in [2.45, 2.75) is 64.4 Å². The van der Waals surface area contributed by atoms with E-state index in [1.54, 1.807) is 13.8 Å². The minimum Gasteiger partial charge on any atom is -0.465 e. The monoisotopic (exact) mass is 296 g/mol. The second-order valence-corrected chi connectivity index (χ2v) is 5.42. The van der Waals surface area contributed by atoms with Crippen molar-refractivity contribution in [3.05, 3.63) is 11.7 Å².